The van der Waals surface area contributed by atoms with Crippen molar-refractivity contribution in [2.24, 2.45) is 0 Å². The summed E-state index contributed by atoms with van der Waals surface area (Å²) in [6, 6.07) is 4.32. The Kier molecular flexibility index (Phi) is 7.40. The summed E-state index contributed by atoms with van der Waals surface area (Å²) in [6.07, 6.45) is 1.86. The first-order valence-electron chi connectivity index (χ1n) is 6.77. The second-order valence-corrected chi connectivity index (χ2v) is 4.42. The van der Waals surface area contributed by atoms with Gasteiger partial charge in [-0.05, 0) is 25.6 Å². The molecule has 0 bridgehead atoms. The molecular weight excluding hydrogens is 242 g/mol. The van der Waals surface area contributed by atoms with Gasteiger partial charge in [-0.15, -0.1) is 0 Å². The van der Waals surface area contributed by atoms with Crippen molar-refractivity contribution < 1.29 is 9.84 Å². The van der Waals surface area contributed by atoms with Gasteiger partial charge in [0.25, 0.3) is 0 Å². The summed E-state index contributed by atoms with van der Waals surface area (Å²) >= 11 is 0. The van der Waals surface area contributed by atoms with Crippen LogP contribution in [0.5, 0.6) is 0 Å². The lowest BCUT2D eigenvalue weighted by Crippen LogP contribution is -2.30. The van der Waals surface area contributed by atoms with Crippen LogP contribution in [0.25, 0.3) is 0 Å². The van der Waals surface area contributed by atoms with Gasteiger partial charge in [0.15, 0.2) is 0 Å². The molecule has 1 aromatic heterocycles. The smallest absolute Gasteiger partial charge is 0.0637 e. The number of ether oxygens (including phenoxy) is 1. The third kappa shape index (κ3) is 5.14. The molecule has 0 saturated carbocycles. The highest BCUT2D eigenvalue weighted by atomic mass is 16.5. The van der Waals surface area contributed by atoms with Gasteiger partial charge in [-0.1, -0.05) is 6.92 Å². The lowest BCUT2D eigenvalue weighted by Gasteiger charge is -2.23. The van der Waals surface area contributed by atoms with Gasteiger partial charge >= 0.3 is 0 Å². The molecule has 0 saturated heterocycles. The van der Waals surface area contributed by atoms with E-state index in [1.54, 1.807) is 7.11 Å². The number of nitrogens with zero attached hydrogens (tertiary/aromatic N) is 2. The molecule has 0 aliphatic rings. The van der Waals surface area contributed by atoms with Crippen molar-refractivity contribution in [3.05, 3.63) is 24.0 Å². The van der Waals surface area contributed by atoms with Crippen molar-refractivity contribution in [1.82, 2.24) is 10.3 Å². The van der Waals surface area contributed by atoms with Crippen LogP contribution in [0.1, 0.15) is 25.6 Å². The predicted molar refractivity (Wildman–Crippen MR) is 77.5 cm³/mol. The Morgan fingerprint density at radius 3 is 2.74 bits per heavy atom. The molecular formula is C14H25N3O2. The average molecular weight is 267 g/mol. The van der Waals surface area contributed by atoms with E-state index in [1.165, 1.54) is 0 Å². The van der Waals surface area contributed by atoms with Crippen molar-refractivity contribution in [1.29, 1.82) is 0 Å². The summed E-state index contributed by atoms with van der Waals surface area (Å²) in [5.41, 5.74) is 2.04. The molecule has 0 radical (unpaired) electrons. The van der Waals surface area contributed by atoms with Crippen molar-refractivity contribution in [2.45, 2.75) is 19.9 Å². The summed E-state index contributed by atoms with van der Waals surface area (Å²) in [6.45, 7) is 7.21. The van der Waals surface area contributed by atoms with E-state index in [0.29, 0.717) is 13.2 Å². The fourth-order valence-electron chi connectivity index (χ4n) is 1.94. The molecule has 1 unspecified atom stereocenters. The van der Waals surface area contributed by atoms with Crippen LogP contribution in [-0.2, 0) is 4.74 Å². The Hall–Kier alpha value is -1.17. The van der Waals surface area contributed by atoms with Crippen molar-refractivity contribution in [2.75, 3.05) is 44.9 Å². The van der Waals surface area contributed by atoms with E-state index in [4.69, 9.17) is 9.84 Å². The first kappa shape index (κ1) is 15.9. The van der Waals surface area contributed by atoms with Crippen LogP contribution in [0.3, 0.4) is 0 Å². The number of aliphatic hydroxyl groups excluding tert-OH is 1. The highest BCUT2D eigenvalue weighted by Crippen LogP contribution is 2.16. The van der Waals surface area contributed by atoms with Crippen LogP contribution < -0.4 is 10.2 Å². The largest absolute Gasteiger partial charge is 0.395 e. The topological polar surface area (TPSA) is 57.6 Å². The monoisotopic (exact) mass is 267 g/mol. The van der Waals surface area contributed by atoms with Crippen LogP contribution in [-0.4, -0.2) is 50.0 Å². The standard InChI is InChI=1S/C14H25N3O2/c1-4-15-12(2)14-6-5-13(11-16-14)17(7-9-18)8-10-19-3/h5-6,11-12,15,18H,4,7-10H2,1-3H3. The number of anilines is 1. The Bertz CT molecular complexity index is 343. The molecule has 1 aromatic rings. The van der Waals surface area contributed by atoms with E-state index in [2.05, 4.69) is 29.0 Å². The SMILES string of the molecule is CCNC(C)c1ccc(N(CCO)CCOC)cn1. The summed E-state index contributed by atoms with van der Waals surface area (Å²) in [5, 5.41) is 12.4. The second kappa shape index (κ2) is 8.85. The van der Waals surface area contributed by atoms with Gasteiger partial charge in [-0.2, -0.15) is 0 Å². The van der Waals surface area contributed by atoms with Crippen LogP contribution in [0, 0.1) is 0 Å². The van der Waals surface area contributed by atoms with Gasteiger partial charge in [0.2, 0.25) is 0 Å². The van der Waals surface area contributed by atoms with E-state index < -0.39 is 0 Å². The molecule has 0 amide bonds. The number of methoxy groups -OCH3 is 1. The maximum Gasteiger partial charge on any atom is 0.0637 e. The third-order valence-corrected chi connectivity index (χ3v) is 3.03. The molecule has 0 aliphatic carbocycles. The zero-order valence-corrected chi connectivity index (χ0v) is 12.1. The first-order valence-corrected chi connectivity index (χ1v) is 6.77. The fourth-order valence-corrected chi connectivity index (χ4v) is 1.94. The fraction of sp³-hybridized carbons (Fsp3) is 0.643. The molecule has 0 aliphatic heterocycles. The lowest BCUT2D eigenvalue weighted by molar-refractivity contribution is 0.203. The summed E-state index contributed by atoms with van der Waals surface area (Å²) in [7, 11) is 1.68. The number of rotatable bonds is 9. The quantitative estimate of drug-likeness (QED) is 0.704. The minimum Gasteiger partial charge on any atom is -0.395 e. The lowest BCUT2D eigenvalue weighted by atomic mass is 10.2. The number of nitrogens with one attached hydrogen (secondary N) is 1. The maximum absolute atomic E-state index is 9.10. The molecule has 0 fully saturated rings. The molecule has 19 heavy (non-hydrogen) atoms. The van der Waals surface area contributed by atoms with Gasteiger partial charge < -0.3 is 20.1 Å². The molecule has 2 N–H and O–H groups in total. The Morgan fingerprint density at radius 2 is 2.21 bits per heavy atom. The summed E-state index contributed by atoms with van der Waals surface area (Å²) in [4.78, 5) is 6.55. The maximum atomic E-state index is 9.10. The van der Waals surface area contributed by atoms with E-state index in [-0.39, 0.29) is 12.6 Å². The molecule has 0 spiro atoms. The second-order valence-electron chi connectivity index (χ2n) is 4.42. The van der Waals surface area contributed by atoms with E-state index in [9.17, 15) is 0 Å². The van der Waals surface area contributed by atoms with Crippen LogP contribution in [0.2, 0.25) is 0 Å². The summed E-state index contributed by atoms with van der Waals surface area (Å²) < 4.78 is 5.08. The van der Waals surface area contributed by atoms with Gasteiger partial charge in [0, 0.05) is 26.2 Å². The Balaban J connectivity index is 2.70. The Morgan fingerprint density at radius 1 is 1.42 bits per heavy atom. The average Bonchev–Trinajstić information content (AvgIpc) is 2.44. The minimum atomic E-state index is 0.124. The predicted octanol–water partition coefficient (Wildman–Crippen LogP) is 1.20. The molecule has 1 rings (SSSR count). The number of aliphatic hydroxyl groups is 1. The molecule has 1 heterocycles. The normalized spacial score (nSPS) is 12.4. The summed E-state index contributed by atoms with van der Waals surface area (Å²) in [5.74, 6) is 0. The van der Waals surface area contributed by atoms with Crippen molar-refractivity contribution >= 4 is 5.69 Å². The van der Waals surface area contributed by atoms with Crippen LogP contribution >= 0.6 is 0 Å². The molecule has 5 nitrogen and oxygen atoms in total. The van der Waals surface area contributed by atoms with Gasteiger partial charge in [-0.25, -0.2) is 0 Å². The van der Waals surface area contributed by atoms with Gasteiger partial charge in [-0.3, -0.25) is 4.98 Å². The van der Waals surface area contributed by atoms with Crippen molar-refractivity contribution in [3.63, 3.8) is 0 Å². The van der Waals surface area contributed by atoms with E-state index in [1.807, 2.05) is 18.3 Å². The first-order chi connectivity index (χ1) is 9.22. The molecule has 1 atom stereocenters. The zero-order valence-electron chi connectivity index (χ0n) is 12.1. The van der Waals surface area contributed by atoms with Gasteiger partial charge in [0.05, 0.1) is 30.8 Å². The number of hydrogen-bond donors (Lipinski definition) is 2. The van der Waals surface area contributed by atoms with E-state index >= 15 is 0 Å². The number of hydrogen-bond acceptors (Lipinski definition) is 5. The highest BCUT2D eigenvalue weighted by molar-refractivity contribution is 5.44. The highest BCUT2D eigenvalue weighted by Gasteiger charge is 2.09. The third-order valence-electron chi connectivity index (χ3n) is 3.03. The van der Waals surface area contributed by atoms with Gasteiger partial charge in [0.1, 0.15) is 0 Å². The van der Waals surface area contributed by atoms with Crippen molar-refractivity contribution in [3.8, 4) is 0 Å². The van der Waals surface area contributed by atoms with E-state index in [0.717, 1.165) is 24.5 Å². The Labute approximate surface area is 115 Å². The molecule has 0 aromatic carbocycles. The van der Waals surface area contributed by atoms with Crippen LogP contribution in [0.15, 0.2) is 18.3 Å². The molecule has 5 heteroatoms. The zero-order chi connectivity index (χ0) is 14.1. The van der Waals surface area contributed by atoms with Crippen LogP contribution in [0.4, 0.5) is 5.69 Å². The number of aromatic nitrogens is 1. The number of pyridine rings is 1. The minimum absolute atomic E-state index is 0.124. The molecule has 108 valence electrons.